The summed E-state index contributed by atoms with van der Waals surface area (Å²) in [5.41, 5.74) is 3.11. The van der Waals surface area contributed by atoms with Gasteiger partial charge in [0.15, 0.2) is 0 Å². The Labute approximate surface area is 161 Å². The maximum Gasteiger partial charge on any atom is 0.337 e. The molecular weight excluding hydrogens is 360 g/mol. The number of ether oxygens (including phenoxy) is 1. The monoisotopic (exact) mass is 380 g/mol. The predicted octanol–water partition coefficient (Wildman–Crippen LogP) is 4.79. The zero-order valence-corrected chi connectivity index (χ0v) is 15.8. The van der Waals surface area contributed by atoms with Crippen molar-refractivity contribution in [2.45, 2.75) is 19.3 Å². The van der Waals surface area contributed by atoms with E-state index in [9.17, 15) is 9.90 Å². The minimum atomic E-state index is -0.955. The lowest BCUT2D eigenvalue weighted by atomic mass is 9.91. The SMILES string of the molecule is Cc1ccc(-c2ccc3c(c2)OCC[C@@H]3CNc2cnccc2C(=O)O)s1. The summed E-state index contributed by atoms with van der Waals surface area (Å²) in [7, 11) is 0. The van der Waals surface area contributed by atoms with Gasteiger partial charge in [0.25, 0.3) is 0 Å². The van der Waals surface area contributed by atoms with Crippen molar-refractivity contribution >= 4 is 23.0 Å². The van der Waals surface area contributed by atoms with Gasteiger partial charge in [-0.05, 0) is 48.7 Å². The first-order valence-corrected chi connectivity index (χ1v) is 9.68. The summed E-state index contributed by atoms with van der Waals surface area (Å²) in [5.74, 6) is 0.221. The van der Waals surface area contributed by atoms with Crippen LogP contribution in [0.3, 0.4) is 0 Å². The van der Waals surface area contributed by atoms with Crippen LogP contribution in [-0.2, 0) is 0 Å². The fourth-order valence-electron chi connectivity index (χ4n) is 3.37. The lowest BCUT2D eigenvalue weighted by Gasteiger charge is -2.27. The van der Waals surface area contributed by atoms with Gasteiger partial charge in [0.05, 0.1) is 24.1 Å². The molecule has 0 radical (unpaired) electrons. The molecule has 1 aliphatic heterocycles. The van der Waals surface area contributed by atoms with Crippen molar-refractivity contribution in [1.29, 1.82) is 0 Å². The summed E-state index contributed by atoms with van der Waals surface area (Å²) in [6.45, 7) is 3.40. The quantitative estimate of drug-likeness (QED) is 0.666. The van der Waals surface area contributed by atoms with Crippen molar-refractivity contribution in [3.05, 3.63) is 64.8 Å². The van der Waals surface area contributed by atoms with Crippen LogP contribution in [0.5, 0.6) is 5.75 Å². The largest absolute Gasteiger partial charge is 0.493 e. The molecule has 2 N–H and O–H groups in total. The molecule has 4 rings (SSSR count). The molecule has 3 aromatic rings. The molecule has 0 saturated heterocycles. The zero-order valence-electron chi connectivity index (χ0n) is 14.9. The fourth-order valence-corrected chi connectivity index (χ4v) is 4.24. The van der Waals surface area contributed by atoms with Gasteiger partial charge in [0.1, 0.15) is 5.75 Å². The Morgan fingerprint density at radius 2 is 2.22 bits per heavy atom. The maximum atomic E-state index is 11.4. The number of aromatic nitrogens is 1. The summed E-state index contributed by atoms with van der Waals surface area (Å²) < 4.78 is 5.91. The van der Waals surface area contributed by atoms with Gasteiger partial charge in [-0.1, -0.05) is 12.1 Å². The van der Waals surface area contributed by atoms with Crippen LogP contribution in [0.25, 0.3) is 10.4 Å². The van der Waals surface area contributed by atoms with Crippen LogP contribution in [0, 0.1) is 6.92 Å². The average molecular weight is 380 g/mol. The van der Waals surface area contributed by atoms with Gasteiger partial charge >= 0.3 is 5.97 Å². The van der Waals surface area contributed by atoms with E-state index in [-0.39, 0.29) is 11.5 Å². The van der Waals surface area contributed by atoms with E-state index in [1.807, 2.05) is 0 Å². The number of thiophene rings is 1. The molecule has 27 heavy (non-hydrogen) atoms. The number of hydrogen-bond donors (Lipinski definition) is 2. The number of benzene rings is 1. The van der Waals surface area contributed by atoms with Gasteiger partial charge in [-0.25, -0.2) is 4.79 Å². The van der Waals surface area contributed by atoms with Crippen molar-refractivity contribution in [2.75, 3.05) is 18.5 Å². The van der Waals surface area contributed by atoms with Gasteiger partial charge < -0.3 is 15.2 Å². The Kier molecular flexibility index (Phi) is 4.81. The number of anilines is 1. The number of carbonyl (C=O) groups is 1. The van der Waals surface area contributed by atoms with E-state index in [2.05, 4.69) is 47.6 Å². The molecule has 2 aromatic heterocycles. The second-order valence-corrected chi connectivity index (χ2v) is 7.89. The lowest BCUT2D eigenvalue weighted by molar-refractivity contribution is 0.0697. The topological polar surface area (TPSA) is 71.5 Å². The number of fused-ring (bicyclic) bond motifs is 1. The third-order valence-corrected chi connectivity index (χ3v) is 5.84. The van der Waals surface area contributed by atoms with Crippen molar-refractivity contribution in [3.8, 4) is 16.2 Å². The molecular formula is C21H20N2O3S. The molecule has 6 heteroatoms. The number of hydrogen-bond acceptors (Lipinski definition) is 5. The number of nitrogens with zero attached hydrogens (tertiary/aromatic N) is 1. The van der Waals surface area contributed by atoms with Crippen LogP contribution in [0.4, 0.5) is 5.69 Å². The minimum Gasteiger partial charge on any atom is -0.493 e. The number of aryl methyl sites for hydroxylation is 1. The van der Waals surface area contributed by atoms with Gasteiger partial charge in [0, 0.05) is 28.4 Å². The number of pyridine rings is 1. The van der Waals surface area contributed by atoms with E-state index >= 15 is 0 Å². The first-order valence-electron chi connectivity index (χ1n) is 8.86. The van der Waals surface area contributed by atoms with E-state index in [1.165, 1.54) is 27.6 Å². The van der Waals surface area contributed by atoms with Crippen molar-refractivity contribution in [1.82, 2.24) is 4.98 Å². The summed E-state index contributed by atoms with van der Waals surface area (Å²) in [5, 5.41) is 12.6. The molecule has 0 fully saturated rings. The summed E-state index contributed by atoms with van der Waals surface area (Å²) in [6.07, 6.45) is 3.94. The zero-order chi connectivity index (χ0) is 18.8. The second kappa shape index (κ2) is 7.40. The Balaban J connectivity index is 1.54. The number of carboxylic acids is 1. The van der Waals surface area contributed by atoms with Crippen LogP contribution in [-0.4, -0.2) is 29.2 Å². The van der Waals surface area contributed by atoms with E-state index in [4.69, 9.17) is 4.74 Å². The summed E-state index contributed by atoms with van der Waals surface area (Å²) >= 11 is 1.77. The Morgan fingerprint density at radius 1 is 1.33 bits per heavy atom. The Morgan fingerprint density at radius 3 is 3.00 bits per heavy atom. The number of rotatable bonds is 5. The number of nitrogens with one attached hydrogen (secondary N) is 1. The molecule has 0 amide bonds. The van der Waals surface area contributed by atoms with Crippen LogP contribution >= 0.6 is 11.3 Å². The molecule has 0 spiro atoms. The van der Waals surface area contributed by atoms with E-state index in [0.717, 1.165) is 17.7 Å². The molecule has 0 unspecified atom stereocenters. The highest BCUT2D eigenvalue weighted by molar-refractivity contribution is 7.15. The van der Waals surface area contributed by atoms with Crippen molar-refractivity contribution in [3.63, 3.8) is 0 Å². The molecule has 138 valence electrons. The highest BCUT2D eigenvalue weighted by atomic mass is 32.1. The van der Waals surface area contributed by atoms with Crippen molar-refractivity contribution < 1.29 is 14.6 Å². The number of aromatic carboxylic acids is 1. The van der Waals surface area contributed by atoms with Crippen LogP contribution in [0.2, 0.25) is 0 Å². The fraction of sp³-hybridized carbons (Fsp3) is 0.238. The van der Waals surface area contributed by atoms with E-state index < -0.39 is 5.97 Å². The average Bonchev–Trinajstić information content (AvgIpc) is 3.12. The summed E-state index contributed by atoms with van der Waals surface area (Å²) in [6, 6.07) is 12.2. The van der Waals surface area contributed by atoms with Gasteiger partial charge in [-0.2, -0.15) is 0 Å². The van der Waals surface area contributed by atoms with Crippen LogP contribution < -0.4 is 10.1 Å². The van der Waals surface area contributed by atoms with E-state index in [0.29, 0.717) is 18.8 Å². The maximum absolute atomic E-state index is 11.4. The lowest BCUT2D eigenvalue weighted by Crippen LogP contribution is -2.21. The third-order valence-electron chi connectivity index (χ3n) is 4.79. The first-order chi connectivity index (χ1) is 13.1. The van der Waals surface area contributed by atoms with Gasteiger partial charge in [-0.15, -0.1) is 11.3 Å². The first kappa shape index (κ1) is 17.5. The predicted molar refractivity (Wildman–Crippen MR) is 107 cm³/mol. The second-order valence-electron chi connectivity index (χ2n) is 6.60. The van der Waals surface area contributed by atoms with E-state index in [1.54, 1.807) is 17.5 Å². The minimum absolute atomic E-state index is 0.237. The highest BCUT2D eigenvalue weighted by Gasteiger charge is 2.22. The molecule has 3 heterocycles. The standard InChI is InChI=1S/C21H20N2O3S/c1-13-2-5-20(27-13)14-3-4-16-15(7-9-26-19(16)10-14)11-23-18-12-22-8-6-17(18)21(24)25/h2-6,8,10,12,15,23H,7,9,11H2,1H3,(H,24,25)/t15-/m1/s1. The molecule has 0 bridgehead atoms. The molecule has 5 nitrogen and oxygen atoms in total. The smallest absolute Gasteiger partial charge is 0.337 e. The highest BCUT2D eigenvalue weighted by Crippen LogP contribution is 2.38. The Bertz CT molecular complexity index is 983. The van der Waals surface area contributed by atoms with Crippen LogP contribution in [0.15, 0.2) is 48.8 Å². The molecule has 1 atom stereocenters. The summed E-state index contributed by atoms with van der Waals surface area (Å²) in [4.78, 5) is 17.9. The number of carboxylic acid groups (broad SMARTS) is 1. The van der Waals surface area contributed by atoms with Crippen LogP contribution in [0.1, 0.15) is 33.1 Å². The molecule has 1 aromatic carbocycles. The molecule has 0 saturated carbocycles. The molecule has 1 aliphatic rings. The normalized spacial score (nSPS) is 15.7. The third kappa shape index (κ3) is 3.66. The van der Waals surface area contributed by atoms with Gasteiger partial charge in [0.2, 0.25) is 0 Å². The Hall–Kier alpha value is -2.86. The van der Waals surface area contributed by atoms with Crippen molar-refractivity contribution in [2.24, 2.45) is 0 Å². The van der Waals surface area contributed by atoms with Gasteiger partial charge in [-0.3, -0.25) is 4.98 Å². The molecule has 0 aliphatic carbocycles.